The summed E-state index contributed by atoms with van der Waals surface area (Å²) >= 11 is 7.27. The maximum Gasteiger partial charge on any atom is 0.238 e. The first-order chi connectivity index (χ1) is 13.6. The minimum atomic E-state index is -0.276. The number of carbonyl (C=O) groups excluding carboxylic acids is 1. The van der Waals surface area contributed by atoms with Gasteiger partial charge in [0.15, 0.2) is 0 Å². The summed E-state index contributed by atoms with van der Waals surface area (Å²) in [7, 11) is 0. The summed E-state index contributed by atoms with van der Waals surface area (Å²) in [6, 6.07) is 10.3. The van der Waals surface area contributed by atoms with Crippen molar-refractivity contribution in [2.75, 3.05) is 38.0 Å². The normalized spacial score (nSPS) is 15.8. The molecule has 0 radical (unpaired) electrons. The molecule has 0 atom stereocenters. The maximum absolute atomic E-state index is 14.0. The van der Waals surface area contributed by atoms with E-state index >= 15 is 0 Å². The zero-order chi connectivity index (χ0) is 19.5. The molecule has 3 aromatic rings. The van der Waals surface area contributed by atoms with Crippen LogP contribution in [0.3, 0.4) is 0 Å². The lowest BCUT2D eigenvalue weighted by molar-refractivity contribution is -0.117. The number of nitrogens with one attached hydrogen (secondary N) is 1. The molecule has 1 aliphatic heterocycles. The van der Waals surface area contributed by atoms with E-state index in [1.54, 1.807) is 12.1 Å². The molecule has 0 saturated carbocycles. The predicted molar refractivity (Wildman–Crippen MR) is 109 cm³/mol. The van der Waals surface area contributed by atoms with Crippen molar-refractivity contribution in [1.82, 2.24) is 18.5 Å². The van der Waals surface area contributed by atoms with E-state index in [4.69, 9.17) is 11.6 Å². The van der Waals surface area contributed by atoms with Gasteiger partial charge in [0.25, 0.3) is 0 Å². The molecule has 4 rings (SSSR count). The Morgan fingerprint density at radius 2 is 1.86 bits per heavy atom. The lowest BCUT2D eigenvalue weighted by Crippen LogP contribution is -2.48. The fraction of sp³-hybridized carbons (Fsp3) is 0.316. The molecule has 1 aliphatic rings. The van der Waals surface area contributed by atoms with Gasteiger partial charge in [0.1, 0.15) is 16.9 Å². The second-order valence-corrected chi connectivity index (χ2v) is 7.70. The molecule has 146 valence electrons. The van der Waals surface area contributed by atoms with E-state index in [1.165, 1.54) is 6.07 Å². The Kier molecular flexibility index (Phi) is 5.82. The Bertz CT molecular complexity index is 969. The predicted octanol–water partition coefficient (Wildman–Crippen LogP) is 3.24. The van der Waals surface area contributed by atoms with Crippen LogP contribution in [0.5, 0.6) is 0 Å². The molecule has 0 unspecified atom stereocenters. The van der Waals surface area contributed by atoms with Gasteiger partial charge in [-0.2, -0.15) is 8.75 Å². The summed E-state index contributed by atoms with van der Waals surface area (Å²) in [6.45, 7) is 3.81. The van der Waals surface area contributed by atoms with Crippen LogP contribution in [0.4, 0.5) is 10.1 Å². The fourth-order valence-corrected chi connectivity index (χ4v) is 4.02. The van der Waals surface area contributed by atoms with Crippen LogP contribution in [0.2, 0.25) is 5.02 Å². The molecule has 1 saturated heterocycles. The van der Waals surface area contributed by atoms with Gasteiger partial charge >= 0.3 is 0 Å². The summed E-state index contributed by atoms with van der Waals surface area (Å²) in [5.74, 6) is -0.338. The molecular weight excluding hydrogens is 401 g/mol. The second kappa shape index (κ2) is 8.48. The first kappa shape index (κ1) is 19.2. The van der Waals surface area contributed by atoms with Crippen LogP contribution >= 0.6 is 23.3 Å². The molecule has 1 N–H and O–H groups in total. The third kappa shape index (κ3) is 4.47. The molecule has 6 nitrogen and oxygen atoms in total. The number of rotatable bonds is 5. The summed E-state index contributed by atoms with van der Waals surface area (Å²) in [6.07, 6.45) is 0. The third-order valence-electron chi connectivity index (χ3n) is 4.81. The molecule has 28 heavy (non-hydrogen) atoms. The number of hydrogen-bond acceptors (Lipinski definition) is 6. The zero-order valence-corrected chi connectivity index (χ0v) is 16.6. The van der Waals surface area contributed by atoms with E-state index in [-0.39, 0.29) is 11.7 Å². The van der Waals surface area contributed by atoms with Crippen molar-refractivity contribution >= 4 is 46.0 Å². The van der Waals surface area contributed by atoms with E-state index in [0.29, 0.717) is 23.7 Å². The highest BCUT2D eigenvalue weighted by atomic mass is 35.5. The van der Waals surface area contributed by atoms with Crippen molar-refractivity contribution in [3.8, 4) is 0 Å². The van der Waals surface area contributed by atoms with Gasteiger partial charge in [-0.15, -0.1) is 0 Å². The van der Waals surface area contributed by atoms with E-state index in [9.17, 15) is 9.18 Å². The fourth-order valence-electron chi connectivity index (χ4n) is 3.28. The average molecular weight is 420 g/mol. The minimum absolute atomic E-state index is 0.0619. The quantitative estimate of drug-likeness (QED) is 0.688. The third-order valence-corrected chi connectivity index (χ3v) is 5.72. The molecule has 0 spiro atoms. The number of carbonyl (C=O) groups is 1. The van der Waals surface area contributed by atoms with Gasteiger partial charge in [0.05, 0.1) is 18.3 Å². The SMILES string of the molecule is O=C(CN1CCN(Cc2c(F)cccc2Cl)CC1)Nc1ccc2nsnc2c1. The smallest absolute Gasteiger partial charge is 0.238 e. The number of benzene rings is 2. The molecule has 2 heterocycles. The molecule has 0 aliphatic carbocycles. The van der Waals surface area contributed by atoms with E-state index in [1.807, 2.05) is 18.2 Å². The monoisotopic (exact) mass is 419 g/mol. The molecule has 9 heteroatoms. The molecule has 1 fully saturated rings. The summed E-state index contributed by atoms with van der Waals surface area (Å²) in [5, 5.41) is 3.37. The molecule has 1 aromatic heterocycles. The topological polar surface area (TPSA) is 61.4 Å². The van der Waals surface area contributed by atoms with Crippen LogP contribution in [-0.4, -0.2) is 57.2 Å². The molecule has 1 amide bonds. The van der Waals surface area contributed by atoms with E-state index in [2.05, 4.69) is 23.9 Å². The van der Waals surface area contributed by atoms with Gasteiger partial charge in [0, 0.05) is 49.0 Å². The Labute approximate surface area is 171 Å². The lowest BCUT2D eigenvalue weighted by atomic mass is 10.2. The van der Waals surface area contributed by atoms with Gasteiger partial charge < -0.3 is 5.32 Å². The summed E-state index contributed by atoms with van der Waals surface area (Å²) < 4.78 is 22.3. The van der Waals surface area contributed by atoms with Crippen molar-refractivity contribution in [2.45, 2.75) is 6.54 Å². The van der Waals surface area contributed by atoms with Gasteiger partial charge in [0.2, 0.25) is 5.91 Å². The first-order valence-electron chi connectivity index (χ1n) is 8.98. The first-order valence-corrected chi connectivity index (χ1v) is 10.1. The van der Waals surface area contributed by atoms with Gasteiger partial charge in [-0.25, -0.2) is 4.39 Å². The van der Waals surface area contributed by atoms with Crippen molar-refractivity contribution in [1.29, 1.82) is 0 Å². The number of amides is 1. The zero-order valence-electron chi connectivity index (χ0n) is 15.1. The number of fused-ring (bicyclic) bond motifs is 1. The Morgan fingerprint density at radius 1 is 1.11 bits per heavy atom. The number of anilines is 1. The maximum atomic E-state index is 14.0. The number of aromatic nitrogens is 2. The Morgan fingerprint density at radius 3 is 2.64 bits per heavy atom. The van der Waals surface area contributed by atoms with Crippen LogP contribution in [0.1, 0.15) is 5.56 Å². The van der Waals surface area contributed by atoms with Crippen molar-refractivity contribution < 1.29 is 9.18 Å². The second-order valence-electron chi connectivity index (χ2n) is 6.77. The van der Waals surface area contributed by atoms with Gasteiger partial charge in [-0.3, -0.25) is 14.6 Å². The highest BCUT2D eigenvalue weighted by Gasteiger charge is 2.21. The summed E-state index contributed by atoms with van der Waals surface area (Å²) in [4.78, 5) is 16.6. The summed E-state index contributed by atoms with van der Waals surface area (Å²) in [5.41, 5.74) is 2.86. The minimum Gasteiger partial charge on any atom is -0.325 e. The van der Waals surface area contributed by atoms with Crippen LogP contribution in [0.25, 0.3) is 11.0 Å². The number of nitrogens with zero attached hydrogens (tertiary/aromatic N) is 4. The largest absolute Gasteiger partial charge is 0.325 e. The number of piperazine rings is 1. The highest BCUT2D eigenvalue weighted by Crippen LogP contribution is 2.21. The van der Waals surface area contributed by atoms with E-state index < -0.39 is 0 Å². The van der Waals surface area contributed by atoms with Gasteiger partial charge in [-0.05, 0) is 30.3 Å². The van der Waals surface area contributed by atoms with Crippen molar-refractivity contribution in [3.63, 3.8) is 0 Å². The van der Waals surface area contributed by atoms with Crippen LogP contribution in [0, 0.1) is 5.82 Å². The van der Waals surface area contributed by atoms with Gasteiger partial charge in [-0.1, -0.05) is 17.7 Å². The van der Waals surface area contributed by atoms with Crippen molar-refractivity contribution in [3.05, 3.63) is 52.8 Å². The van der Waals surface area contributed by atoms with Crippen molar-refractivity contribution in [2.24, 2.45) is 0 Å². The van der Waals surface area contributed by atoms with Crippen LogP contribution in [0.15, 0.2) is 36.4 Å². The molecular formula is C19H19ClFN5OS. The van der Waals surface area contributed by atoms with Crippen LogP contribution < -0.4 is 5.32 Å². The molecule has 0 bridgehead atoms. The Hall–Kier alpha value is -2.13. The number of halogens is 2. The lowest BCUT2D eigenvalue weighted by Gasteiger charge is -2.34. The van der Waals surface area contributed by atoms with Crippen LogP contribution in [-0.2, 0) is 11.3 Å². The number of hydrogen-bond donors (Lipinski definition) is 1. The van der Waals surface area contributed by atoms with E-state index in [0.717, 1.165) is 54.6 Å². The standard InChI is InChI=1S/C19H19ClFN5OS/c20-15-2-1-3-16(21)14(15)11-25-6-8-26(9-7-25)12-19(27)22-13-4-5-17-18(10-13)24-28-23-17/h1-5,10H,6-9,11-12H2,(H,22,27). The highest BCUT2D eigenvalue weighted by molar-refractivity contribution is 7.00. The Balaban J connectivity index is 1.27. The molecule has 2 aromatic carbocycles. The average Bonchev–Trinajstić information content (AvgIpc) is 3.14.